The molecule has 0 radical (unpaired) electrons. The van der Waals surface area contributed by atoms with Gasteiger partial charge in [0.15, 0.2) is 5.78 Å². The van der Waals surface area contributed by atoms with Crippen LogP contribution in [0.2, 0.25) is 0 Å². The fourth-order valence-electron chi connectivity index (χ4n) is 2.47. The third-order valence-electron chi connectivity index (χ3n) is 3.59. The van der Waals surface area contributed by atoms with Crippen LogP contribution >= 0.6 is 0 Å². The van der Waals surface area contributed by atoms with E-state index in [2.05, 4.69) is 0 Å². The van der Waals surface area contributed by atoms with Gasteiger partial charge in [0.05, 0.1) is 0 Å². The molecular formula is C15H16FNO4. The first-order chi connectivity index (χ1) is 9.99. The summed E-state index contributed by atoms with van der Waals surface area (Å²) in [6.07, 6.45) is 1.08. The van der Waals surface area contributed by atoms with Gasteiger partial charge in [-0.1, -0.05) is 0 Å². The minimum absolute atomic E-state index is 0.00664. The quantitative estimate of drug-likeness (QED) is 0.841. The molecule has 0 aromatic heterocycles. The van der Waals surface area contributed by atoms with Crippen LogP contribution in [-0.2, 0) is 9.59 Å². The molecule has 1 aliphatic heterocycles. The van der Waals surface area contributed by atoms with Crippen molar-refractivity contribution in [2.75, 3.05) is 6.54 Å². The normalized spacial score (nSPS) is 17.8. The van der Waals surface area contributed by atoms with Crippen molar-refractivity contribution in [1.29, 1.82) is 0 Å². The molecule has 5 nitrogen and oxygen atoms in total. The summed E-state index contributed by atoms with van der Waals surface area (Å²) in [6.45, 7) is 0.417. The number of hydrogen-bond acceptors (Lipinski definition) is 3. The summed E-state index contributed by atoms with van der Waals surface area (Å²) in [7, 11) is 0. The van der Waals surface area contributed by atoms with Crippen molar-refractivity contribution in [3.05, 3.63) is 35.6 Å². The summed E-state index contributed by atoms with van der Waals surface area (Å²) in [5.41, 5.74) is 0.348. The van der Waals surface area contributed by atoms with Crippen LogP contribution in [0.15, 0.2) is 24.3 Å². The SMILES string of the molecule is O=C(CCC(=O)N1CCC[C@H]1C(=O)O)c1ccc(F)cc1. The van der Waals surface area contributed by atoms with Crippen LogP contribution in [-0.4, -0.2) is 40.3 Å². The number of benzene rings is 1. The monoisotopic (exact) mass is 293 g/mol. The molecule has 1 saturated heterocycles. The third kappa shape index (κ3) is 3.65. The molecule has 1 atom stereocenters. The number of likely N-dealkylation sites (tertiary alicyclic amines) is 1. The van der Waals surface area contributed by atoms with E-state index in [0.717, 1.165) is 0 Å². The maximum absolute atomic E-state index is 12.8. The first-order valence-corrected chi connectivity index (χ1v) is 6.80. The van der Waals surface area contributed by atoms with E-state index in [1.807, 2.05) is 0 Å². The lowest BCUT2D eigenvalue weighted by Gasteiger charge is -2.21. The van der Waals surface area contributed by atoms with Gasteiger partial charge in [-0.05, 0) is 37.1 Å². The standard InChI is InChI=1S/C15H16FNO4/c16-11-5-3-10(4-6-11)13(18)7-8-14(19)17-9-1-2-12(17)15(20)21/h3-6,12H,1-2,7-9H2,(H,20,21)/t12-/m0/s1. The van der Waals surface area contributed by atoms with Gasteiger partial charge in [0.25, 0.3) is 0 Å². The highest BCUT2D eigenvalue weighted by atomic mass is 19.1. The molecule has 0 unspecified atom stereocenters. The Kier molecular flexibility index (Phi) is 4.67. The third-order valence-corrected chi connectivity index (χ3v) is 3.59. The molecule has 6 heteroatoms. The number of hydrogen-bond donors (Lipinski definition) is 1. The smallest absolute Gasteiger partial charge is 0.326 e. The van der Waals surface area contributed by atoms with Crippen LogP contribution < -0.4 is 0 Å². The lowest BCUT2D eigenvalue weighted by molar-refractivity contribution is -0.148. The first-order valence-electron chi connectivity index (χ1n) is 6.80. The number of carbonyl (C=O) groups is 3. The highest BCUT2D eigenvalue weighted by molar-refractivity contribution is 5.98. The Labute approximate surface area is 121 Å². The molecule has 0 saturated carbocycles. The van der Waals surface area contributed by atoms with Crippen LogP contribution in [0.5, 0.6) is 0 Å². The molecule has 0 bridgehead atoms. The molecular weight excluding hydrogens is 277 g/mol. The van der Waals surface area contributed by atoms with E-state index in [1.54, 1.807) is 0 Å². The lowest BCUT2D eigenvalue weighted by Crippen LogP contribution is -2.40. The minimum Gasteiger partial charge on any atom is -0.480 e. The number of Topliss-reactive ketones (excluding diaryl/α,β-unsaturated/α-hetero) is 1. The molecule has 21 heavy (non-hydrogen) atoms. The summed E-state index contributed by atoms with van der Waals surface area (Å²) < 4.78 is 12.8. The van der Waals surface area contributed by atoms with Crippen LogP contribution in [0.25, 0.3) is 0 Å². The van der Waals surface area contributed by atoms with Crippen molar-refractivity contribution in [3.63, 3.8) is 0 Å². The van der Waals surface area contributed by atoms with E-state index < -0.39 is 17.8 Å². The molecule has 1 aromatic rings. The highest BCUT2D eigenvalue weighted by Crippen LogP contribution is 2.19. The second-order valence-corrected chi connectivity index (χ2v) is 5.01. The number of ketones is 1. The maximum Gasteiger partial charge on any atom is 0.326 e. The van der Waals surface area contributed by atoms with Gasteiger partial charge in [-0.3, -0.25) is 9.59 Å². The van der Waals surface area contributed by atoms with Crippen molar-refractivity contribution in [2.24, 2.45) is 0 Å². The molecule has 0 aliphatic carbocycles. The van der Waals surface area contributed by atoms with Crippen molar-refractivity contribution >= 4 is 17.7 Å². The van der Waals surface area contributed by atoms with E-state index in [4.69, 9.17) is 5.11 Å². The number of carbonyl (C=O) groups excluding carboxylic acids is 2. The Balaban J connectivity index is 1.90. The Morgan fingerprint density at radius 1 is 1.19 bits per heavy atom. The number of aliphatic carboxylic acids is 1. The van der Waals surface area contributed by atoms with E-state index in [0.29, 0.717) is 24.9 Å². The van der Waals surface area contributed by atoms with Crippen molar-refractivity contribution in [1.82, 2.24) is 4.90 Å². The fraction of sp³-hybridized carbons (Fsp3) is 0.400. The van der Waals surface area contributed by atoms with Gasteiger partial charge in [0.1, 0.15) is 11.9 Å². The summed E-state index contributed by atoms with van der Waals surface area (Å²) in [5, 5.41) is 9.02. The molecule has 1 heterocycles. The van der Waals surface area contributed by atoms with Gasteiger partial charge in [0, 0.05) is 24.9 Å². The Morgan fingerprint density at radius 2 is 1.86 bits per heavy atom. The van der Waals surface area contributed by atoms with Gasteiger partial charge >= 0.3 is 5.97 Å². The predicted octanol–water partition coefficient (Wildman–Crippen LogP) is 1.86. The molecule has 1 aromatic carbocycles. The van der Waals surface area contributed by atoms with E-state index in [-0.39, 0.29) is 24.5 Å². The molecule has 1 aliphatic rings. The number of halogens is 1. The molecule has 2 rings (SSSR count). The van der Waals surface area contributed by atoms with Crippen LogP contribution in [0, 0.1) is 5.82 Å². The topological polar surface area (TPSA) is 74.7 Å². The van der Waals surface area contributed by atoms with Crippen LogP contribution in [0.4, 0.5) is 4.39 Å². The van der Waals surface area contributed by atoms with Gasteiger partial charge in [-0.25, -0.2) is 9.18 Å². The molecule has 112 valence electrons. The predicted molar refractivity (Wildman–Crippen MR) is 72.3 cm³/mol. The summed E-state index contributed by atoms with van der Waals surface area (Å²) in [5.74, 6) is -2.01. The number of carboxylic acids is 1. The lowest BCUT2D eigenvalue weighted by atomic mass is 10.1. The van der Waals surface area contributed by atoms with Crippen molar-refractivity contribution in [2.45, 2.75) is 31.7 Å². The fourth-order valence-corrected chi connectivity index (χ4v) is 2.47. The average Bonchev–Trinajstić information content (AvgIpc) is 2.95. The van der Waals surface area contributed by atoms with Gasteiger partial charge in [0.2, 0.25) is 5.91 Å². The van der Waals surface area contributed by atoms with Crippen molar-refractivity contribution in [3.8, 4) is 0 Å². The first kappa shape index (κ1) is 15.2. The molecule has 1 amide bonds. The minimum atomic E-state index is -1.01. The van der Waals surface area contributed by atoms with Crippen LogP contribution in [0.1, 0.15) is 36.0 Å². The van der Waals surface area contributed by atoms with E-state index in [1.165, 1.54) is 29.2 Å². The number of nitrogens with zero attached hydrogens (tertiary/aromatic N) is 1. The van der Waals surface area contributed by atoms with Gasteiger partial charge < -0.3 is 10.0 Å². The summed E-state index contributed by atoms with van der Waals surface area (Å²) in [4.78, 5) is 36.2. The van der Waals surface area contributed by atoms with E-state index in [9.17, 15) is 18.8 Å². The molecule has 1 fully saturated rings. The van der Waals surface area contributed by atoms with Crippen LogP contribution in [0.3, 0.4) is 0 Å². The average molecular weight is 293 g/mol. The molecule has 1 N–H and O–H groups in total. The number of amides is 1. The Hall–Kier alpha value is -2.24. The van der Waals surface area contributed by atoms with Crippen molar-refractivity contribution < 1.29 is 23.9 Å². The second-order valence-electron chi connectivity index (χ2n) is 5.01. The zero-order chi connectivity index (χ0) is 15.4. The van der Waals surface area contributed by atoms with E-state index >= 15 is 0 Å². The largest absolute Gasteiger partial charge is 0.480 e. The molecule has 0 spiro atoms. The zero-order valence-electron chi connectivity index (χ0n) is 11.4. The summed E-state index contributed by atoms with van der Waals surface area (Å²) in [6, 6.07) is 4.35. The summed E-state index contributed by atoms with van der Waals surface area (Å²) >= 11 is 0. The number of carboxylic acid groups (broad SMARTS) is 1. The second kappa shape index (κ2) is 6.47. The Bertz CT molecular complexity index is 555. The highest BCUT2D eigenvalue weighted by Gasteiger charge is 2.33. The zero-order valence-corrected chi connectivity index (χ0v) is 11.4. The van der Waals surface area contributed by atoms with Gasteiger partial charge in [-0.2, -0.15) is 0 Å². The maximum atomic E-state index is 12.8. The number of rotatable bonds is 5. The van der Waals surface area contributed by atoms with Gasteiger partial charge in [-0.15, -0.1) is 0 Å². The Morgan fingerprint density at radius 3 is 2.48 bits per heavy atom.